The van der Waals surface area contributed by atoms with Crippen molar-refractivity contribution in [3.8, 4) is 11.5 Å². The van der Waals surface area contributed by atoms with Gasteiger partial charge in [0, 0.05) is 22.5 Å². The zero-order valence-electron chi connectivity index (χ0n) is 17.8. The third-order valence-electron chi connectivity index (χ3n) is 4.59. The molecule has 2 N–H and O–H groups in total. The molecule has 8 heteroatoms. The van der Waals surface area contributed by atoms with Crippen molar-refractivity contribution in [2.75, 3.05) is 32.0 Å². The lowest BCUT2D eigenvalue weighted by atomic mass is 10.1. The molecule has 8 nitrogen and oxygen atoms in total. The minimum absolute atomic E-state index is 0.354. The normalized spacial score (nSPS) is 10.1. The highest BCUT2D eigenvalue weighted by Crippen LogP contribution is 2.28. The van der Waals surface area contributed by atoms with Gasteiger partial charge in [-0.1, -0.05) is 6.07 Å². The molecule has 0 aliphatic rings. The summed E-state index contributed by atoms with van der Waals surface area (Å²) >= 11 is 0. The van der Waals surface area contributed by atoms with Crippen LogP contribution in [-0.2, 0) is 4.74 Å². The van der Waals surface area contributed by atoms with Crippen molar-refractivity contribution in [2.45, 2.75) is 0 Å². The Morgan fingerprint density at radius 2 is 1.22 bits per heavy atom. The molecule has 0 heterocycles. The molecular formula is C24H22N2O6. The molecule has 0 radical (unpaired) electrons. The van der Waals surface area contributed by atoms with Crippen LogP contribution < -0.4 is 20.1 Å². The molecule has 3 aromatic rings. The largest absolute Gasteiger partial charge is 0.493 e. The standard InChI is InChI=1S/C24H22N2O6/c1-30-20-12-9-17(14-21(20)31-2)23(28)26-19-6-4-5-16(13-19)22(27)25-18-10-7-15(8-11-18)24(29)32-3/h4-14H,1-3H3,(H,25,27)(H,26,28). The van der Waals surface area contributed by atoms with Crippen LogP contribution in [0.15, 0.2) is 66.7 Å². The third-order valence-corrected chi connectivity index (χ3v) is 4.59. The maximum Gasteiger partial charge on any atom is 0.337 e. The monoisotopic (exact) mass is 434 g/mol. The fourth-order valence-corrected chi connectivity index (χ4v) is 2.93. The van der Waals surface area contributed by atoms with Crippen molar-refractivity contribution in [3.05, 3.63) is 83.4 Å². The van der Waals surface area contributed by atoms with E-state index in [9.17, 15) is 14.4 Å². The van der Waals surface area contributed by atoms with Gasteiger partial charge < -0.3 is 24.8 Å². The van der Waals surface area contributed by atoms with E-state index in [1.165, 1.54) is 21.3 Å². The van der Waals surface area contributed by atoms with E-state index in [0.29, 0.717) is 39.6 Å². The van der Waals surface area contributed by atoms with E-state index in [1.54, 1.807) is 66.7 Å². The number of carbonyl (C=O) groups is 3. The van der Waals surface area contributed by atoms with Gasteiger partial charge in [-0.05, 0) is 60.7 Å². The van der Waals surface area contributed by atoms with Crippen LogP contribution in [0.2, 0.25) is 0 Å². The molecule has 32 heavy (non-hydrogen) atoms. The minimum Gasteiger partial charge on any atom is -0.493 e. The van der Waals surface area contributed by atoms with Crippen LogP contribution in [0.3, 0.4) is 0 Å². The van der Waals surface area contributed by atoms with Crippen LogP contribution in [0.5, 0.6) is 11.5 Å². The number of rotatable bonds is 7. The zero-order chi connectivity index (χ0) is 23.1. The van der Waals surface area contributed by atoms with Gasteiger partial charge in [-0.25, -0.2) is 4.79 Å². The summed E-state index contributed by atoms with van der Waals surface area (Å²) in [5, 5.41) is 5.51. The summed E-state index contributed by atoms with van der Waals surface area (Å²) in [6, 6.07) is 17.7. The van der Waals surface area contributed by atoms with Gasteiger partial charge in [0.2, 0.25) is 0 Å². The zero-order valence-corrected chi connectivity index (χ0v) is 17.8. The first-order valence-corrected chi connectivity index (χ1v) is 9.58. The topological polar surface area (TPSA) is 103 Å². The molecule has 3 aromatic carbocycles. The lowest BCUT2D eigenvalue weighted by Gasteiger charge is -2.11. The van der Waals surface area contributed by atoms with Crippen molar-refractivity contribution in [1.82, 2.24) is 0 Å². The maximum absolute atomic E-state index is 12.6. The number of hydrogen-bond acceptors (Lipinski definition) is 6. The molecule has 0 saturated heterocycles. The first kappa shape index (κ1) is 22.4. The van der Waals surface area contributed by atoms with Gasteiger partial charge in [0.15, 0.2) is 11.5 Å². The Bertz CT molecular complexity index is 1140. The summed E-state index contributed by atoms with van der Waals surface area (Å²) in [7, 11) is 4.31. The second-order valence-corrected chi connectivity index (χ2v) is 6.63. The Morgan fingerprint density at radius 1 is 0.625 bits per heavy atom. The highest BCUT2D eigenvalue weighted by molar-refractivity contribution is 6.07. The van der Waals surface area contributed by atoms with E-state index in [4.69, 9.17) is 9.47 Å². The van der Waals surface area contributed by atoms with Gasteiger partial charge in [0.1, 0.15) is 0 Å². The number of ether oxygens (including phenoxy) is 3. The van der Waals surface area contributed by atoms with Gasteiger partial charge in [-0.15, -0.1) is 0 Å². The number of carbonyl (C=O) groups excluding carboxylic acids is 3. The van der Waals surface area contributed by atoms with Gasteiger partial charge in [-0.2, -0.15) is 0 Å². The highest BCUT2D eigenvalue weighted by Gasteiger charge is 2.13. The maximum atomic E-state index is 12.6. The molecule has 0 unspecified atom stereocenters. The predicted molar refractivity (Wildman–Crippen MR) is 120 cm³/mol. The Morgan fingerprint density at radius 3 is 1.84 bits per heavy atom. The SMILES string of the molecule is COC(=O)c1ccc(NC(=O)c2cccc(NC(=O)c3ccc(OC)c(OC)c3)c2)cc1. The van der Waals surface area contributed by atoms with Crippen molar-refractivity contribution >= 4 is 29.2 Å². The van der Waals surface area contributed by atoms with Crippen LogP contribution in [-0.4, -0.2) is 39.1 Å². The number of nitrogens with one attached hydrogen (secondary N) is 2. The molecule has 0 spiro atoms. The molecule has 0 bridgehead atoms. The van der Waals surface area contributed by atoms with Crippen molar-refractivity contribution in [1.29, 1.82) is 0 Å². The number of benzene rings is 3. The van der Waals surface area contributed by atoms with E-state index in [2.05, 4.69) is 15.4 Å². The fraction of sp³-hybridized carbons (Fsp3) is 0.125. The van der Waals surface area contributed by atoms with Crippen LogP contribution in [0.25, 0.3) is 0 Å². The first-order valence-electron chi connectivity index (χ1n) is 9.58. The Labute approximate surface area is 185 Å². The molecule has 0 aliphatic carbocycles. The molecule has 0 atom stereocenters. The van der Waals surface area contributed by atoms with Crippen LogP contribution in [0.1, 0.15) is 31.1 Å². The average Bonchev–Trinajstić information content (AvgIpc) is 2.83. The quantitative estimate of drug-likeness (QED) is 0.545. The second kappa shape index (κ2) is 10.1. The average molecular weight is 434 g/mol. The molecule has 164 valence electrons. The fourth-order valence-electron chi connectivity index (χ4n) is 2.93. The van der Waals surface area contributed by atoms with E-state index in [-0.39, 0.29) is 11.8 Å². The highest BCUT2D eigenvalue weighted by atomic mass is 16.5. The smallest absolute Gasteiger partial charge is 0.337 e. The van der Waals surface area contributed by atoms with Gasteiger partial charge in [-0.3, -0.25) is 9.59 Å². The van der Waals surface area contributed by atoms with E-state index in [0.717, 1.165) is 0 Å². The van der Waals surface area contributed by atoms with Gasteiger partial charge >= 0.3 is 5.97 Å². The van der Waals surface area contributed by atoms with E-state index >= 15 is 0 Å². The third kappa shape index (κ3) is 5.23. The molecular weight excluding hydrogens is 412 g/mol. The lowest BCUT2D eigenvalue weighted by molar-refractivity contribution is 0.0600. The molecule has 0 saturated carbocycles. The summed E-state index contributed by atoms with van der Waals surface area (Å²) in [5.74, 6) is -0.227. The molecule has 0 fully saturated rings. The summed E-state index contributed by atoms with van der Waals surface area (Å²) in [4.78, 5) is 36.7. The Balaban J connectivity index is 1.70. The van der Waals surface area contributed by atoms with Gasteiger partial charge in [0.25, 0.3) is 11.8 Å². The lowest BCUT2D eigenvalue weighted by Crippen LogP contribution is -2.15. The van der Waals surface area contributed by atoms with Crippen molar-refractivity contribution in [3.63, 3.8) is 0 Å². The number of amides is 2. The minimum atomic E-state index is -0.458. The summed E-state index contributed by atoms with van der Waals surface area (Å²) in [5.41, 5.74) is 2.08. The van der Waals surface area contributed by atoms with Crippen LogP contribution >= 0.6 is 0 Å². The summed E-state index contributed by atoms with van der Waals surface area (Å²) < 4.78 is 15.1. The number of anilines is 2. The molecule has 3 rings (SSSR count). The van der Waals surface area contributed by atoms with Crippen LogP contribution in [0.4, 0.5) is 11.4 Å². The van der Waals surface area contributed by atoms with E-state index in [1.807, 2.05) is 0 Å². The number of esters is 1. The number of methoxy groups -OCH3 is 3. The number of hydrogen-bond donors (Lipinski definition) is 2. The second-order valence-electron chi connectivity index (χ2n) is 6.63. The van der Waals surface area contributed by atoms with Crippen LogP contribution in [0, 0.1) is 0 Å². The summed E-state index contributed by atoms with van der Waals surface area (Å²) in [6.07, 6.45) is 0. The first-order chi connectivity index (χ1) is 15.4. The predicted octanol–water partition coefficient (Wildman–Crippen LogP) is 4.00. The summed E-state index contributed by atoms with van der Waals surface area (Å²) in [6.45, 7) is 0. The Kier molecular flexibility index (Phi) is 7.07. The van der Waals surface area contributed by atoms with Crippen molar-refractivity contribution in [2.24, 2.45) is 0 Å². The van der Waals surface area contributed by atoms with Crippen molar-refractivity contribution < 1.29 is 28.6 Å². The molecule has 0 aliphatic heterocycles. The molecule has 0 aromatic heterocycles. The molecule has 2 amide bonds. The van der Waals surface area contributed by atoms with Gasteiger partial charge in [0.05, 0.1) is 26.9 Å². The Hall–Kier alpha value is -4.33. The van der Waals surface area contributed by atoms with E-state index < -0.39 is 5.97 Å².